The first-order chi connectivity index (χ1) is 30.3. The molecule has 6 nitrogen and oxygen atoms in total. The van der Waals surface area contributed by atoms with Crippen LogP contribution in [0.5, 0.6) is 0 Å². The van der Waals surface area contributed by atoms with Gasteiger partial charge in [0, 0.05) is 46.1 Å². The smallest absolute Gasteiger partial charge is 0.261 e. The Labute approximate surface area is 371 Å². The Morgan fingerprint density at radius 1 is 0.323 bits per heavy atom. The molecule has 7 rings (SSSR count). The number of benzene rings is 5. The van der Waals surface area contributed by atoms with Crippen molar-refractivity contribution < 1.29 is 19.2 Å². The lowest BCUT2D eigenvalue weighted by atomic mass is 9.82. The Morgan fingerprint density at radius 2 is 0.565 bits per heavy atom. The van der Waals surface area contributed by atoms with Crippen molar-refractivity contribution in [2.45, 2.75) is 182 Å². The van der Waals surface area contributed by atoms with Crippen LogP contribution in [0.3, 0.4) is 0 Å². The van der Waals surface area contributed by atoms with E-state index in [1.54, 1.807) is 9.80 Å². The second-order valence-electron chi connectivity index (χ2n) is 19.1. The van der Waals surface area contributed by atoms with Gasteiger partial charge < -0.3 is 0 Å². The van der Waals surface area contributed by atoms with E-state index in [1.807, 2.05) is 48.5 Å². The maximum absolute atomic E-state index is 14.5. The van der Waals surface area contributed by atoms with E-state index >= 15 is 0 Å². The molecule has 0 bridgehead atoms. The fourth-order valence-electron chi connectivity index (χ4n) is 11.0. The van der Waals surface area contributed by atoms with Crippen molar-refractivity contribution in [1.82, 2.24) is 9.80 Å². The zero-order valence-corrected chi connectivity index (χ0v) is 38.7. The molecule has 2 unspecified atom stereocenters. The van der Waals surface area contributed by atoms with Gasteiger partial charge in [0.2, 0.25) is 0 Å². The number of fused-ring (bicyclic) bond motifs is 2. The normalized spacial score (nSPS) is 15.1. The summed E-state index contributed by atoms with van der Waals surface area (Å²) in [5.41, 5.74) is 2.35. The molecule has 6 heteroatoms. The van der Waals surface area contributed by atoms with Crippen molar-refractivity contribution in [1.29, 1.82) is 0 Å². The number of rotatable bonds is 28. The lowest BCUT2D eigenvalue weighted by Crippen LogP contribution is -2.43. The molecule has 0 fully saturated rings. The summed E-state index contributed by atoms with van der Waals surface area (Å²) >= 11 is 0. The second-order valence-corrected chi connectivity index (χ2v) is 19.1. The molecule has 2 atom stereocenters. The zero-order chi connectivity index (χ0) is 43.6. The van der Waals surface area contributed by atoms with Crippen LogP contribution >= 0.6 is 0 Å². The summed E-state index contributed by atoms with van der Waals surface area (Å²) in [6.07, 6.45) is 28.4. The van der Waals surface area contributed by atoms with Gasteiger partial charge in [0.1, 0.15) is 0 Å². The van der Waals surface area contributed by atoms with E-state index in [1.165, 1.54) is 103 Å². The van der Waals surface area contributed by atoms with Crippen LogP contribution in [-0.4, -0.2) is 46.5 Å². The minimum Gasteiger partial charge on any atom is -0.274 e. The predicted octanol–water partition coefficient (Wildman–Crippen LogP) is 15.6. The highest BCUT2D eigenvalue weighted by Crippen LogP contribution is 2.46. The molecule has 2 heterocycles. The van der Waals surface area contributed by atoms with E-state index in [4.69, 9.17) is 0 Å². The van der Waals surface area contributed by atoms with Crippen LogP contribution < -0.4 is 0 Å². The molecule has 5 aromatic carbocycles. The highest BCUT2D eigenvalue weighted by Gasteiger charge is 2.38. The zero-order valence-electron chi connectivity index (χ0n) is 38.7. The highest BCUT2D eigenvalue weighted by molar-refractivity contribution is 6.41. The van der Waals surface area contributed by atoms with Gasteiger partial charge in [0.05, 0.1) is 0 Å². The lowest BCUT2D eigenvalue weighted by Gasteiger charge is -2.32. The Bertz CT molecular complexity index is 2060. The first-order valence-corrected chi connectivity index (χ1v) is 25.3. The summed E-state index contributed by atoms with van der Waals surface area (Å²) in [6.45, 7) is 9.89. The van der Waals surface area contributed by atoms with Gasteiger partial charge in [-0.1, -0.05) is 180 Å². The SMILES string of the molecule is CCCCCCCCC(CCCCCC)CN1C(=O)c2ccc3c4ccc5c6c(ccc(c7ccc(c2c37)C1=O)c64)C(=O)N(CC(CCCCCC)CCCCCCCC)C5=O. The fourth-order valence-corrected chi connectivity index (χ4v) is 11.0. The van der Waals surface area contributed by atoms with E-state index < -0.39 is 0 Å². The van der Waals surface area contributed by atoms with Crippen molar-refractivity contribution in [3.05, 3.63) is 70.8 Å². The Morgan fingerprint density at radius 3 is 0.839 bits per heavy atom. The largest absolute Gasteiger partial charge is 0.274 e. The van der Waals surface area contributed by atoms with Gasteiger partial charge in [-0.25, -0.2) is 0 Å². The Balaban J connectivity index is 1.18. The van der Waals surface area contributed by atoms with Crippen LogP contribution in [0.4, 0.5) is 0 Å². The third kappa shape index (κ3) is 9.60. The molecule has 0 saturated carbocycles. The topological polar surface area (TPSA) is 74.8 Å². The highest BCUT2D eigenvalue weighted by atomic mass is 16.2. The summed E-state index contributed by atoms with van der Waals surface area (Å²) in [4.78, 5) is 61.0. The summed E-state index contributed by atoms with van der Waals surface area (Å²) in [7, 11) is 0. The summed E-state index contributed by atoms with van der Waals surface area (Å²) in [5.74, 6) is -0.184. The molecule has 332 valence electrons. The number of carbonyl (C=O) groups is 4. The molecular weight excluding hydrogens is 765 g/mol. The molecule has 0 radical (unpaired) electrons. The van der Waals surface area contributed by atoms with Gasteiger partial charge in [-0.15, -0.1) is 0 Å². The molecule has 2 aliphatic heterocycles. The first-order valence-electron chi connectivity index (χ1n) is 25.3. The third-order valence-corrected chi connectivity index (χ3v) is 14.5. The fraction of sp³-hybridized carbons (Fsp3) is 0.571. The molecule has 2 aliphatic rings. The number of carbonyl (C=O) groups excluding carboxylic acids is 4. The first kappa shape index (κ1) is 45.7. The second kappa shape index (κ2) is 21.8. The van der Waals surface area contributed by atoms with Gasteiger partial charge >= 0.3 is 0 Å². The minimum atomic E-state index is -0.194. The number of amides is 4. The van der Waals surface area contributed by atoms with Crippen LogP contribution in [-0.2, 0) is 0 Å². The van der Waals surface area contributed by atoms with Crippen LogP contribution in [0.15, 0.2) is 48.5 Å². The minimum absolute atomic E-state index is 0.194. The van der Waals surface area contributed by atoms with E-state index in [0.29, 0.717) is 47.2 Å². The number of hydrogen-bond acceptors (Lipinski definition) is 4. The molecule has 0 spiro atoms. The summed E-state index contributed by atoms with van der Waals surface area (Å²) < 4.78 is 0. The van der Waals surface area contributed by atoms with E-state index in [-0.39, 0.29) is 23.6 Å². The Hall–Kier alpha value is -4.32. The standard InChI is InChI=1S/C56H74N2O4/c1-5-9-13-17-19-23-27-39(25-21-15-11-7-3)37-57-53(59)45-33-29-41-43-31-35-47-52-48(36-32-44(50(43)52)42-30-34-46(54(57)60)51(45)49(41)42)56(62)58(55(47)61)38-40(26-22-16-12-8-4)28-24-20-18-14-10-6-2/h29-36,39-40H,5-28,37-38H2,1-4H3. The summed E-state index contributed by atoms with van der Waals surface area (Å²) in [6, 6.07) is 15.8. The maximum Gasteiger partial charge on any atom is 0.261 e. The van der Waals surface area contributed by atoms with Crippen molar-refractivity contribution in [3.63, 3.8) is 0 Å². The molecule has 0 N–H and O–H groups in total. The van der Waals surface area contributed by atoms with E-state index in [2.05, 4.69) is 27.7 Å². The average Bonchev–Trinajstić information content (AvgIpc) is 3.28. The van der Waals surface area contributed by atoms with Crippen LogP contribution in [0.1, 0.15) is 223 Å². The third-order valence-electron chi connectivity index (χ3n) is 14.5. The molecule has 5 aromatic rings. The van der Waals surface area contributed by atoms with E-state index in [0.717, 1.165) is 94.5 Å². The number of nitrogens with zero attached hydrogens (tertiary/aromatic N) is 2. The van der Waals surface area contributed by atoms with Gasteiger partial charge in [0.15, 0.2) is 0 Å². The van der Waals surface area contributed by atoms with Crippen LogP contribution in [0.25, 0.3) is 43.1 Å². The van der Waals surface area contributed by atoms with E-state index in [9.17, 15) is 19.2 Å². The number of imide groups is 2. The average molecular weight is 839 g/mol. The lowest BCUT2D eigenvalue weighted by molar-refractivity contribution is 0.0563. The van der Waals surface area contributed by atoms with Crippen molar-refractivity contribution in [2.75, 3.05) is 13.1 Å². The predicted molar refractivity (Wildman–Crippen MR) is 259 cm³/mol. The Kier molecular flexibility index (Phi) is 16.1. The molecular formula is C56H74N2O4. The molecule has 0 saturated heterocycles. The maximum atomic E-state index is 14.5. The molecule has 0 aromatic heterocycles. The number of hydrogen-bond donors (Lipinski definition) is 0. The molecule has 62 heavy (non-hydrogen) atoms. The molecule has 4 amide bonds. The number of unbranched alkanes of at least 4 members (excludes halogenated alkanes) is 16. The van der Waals surface area contributed by atoms with Gasteiger partial charge in [-0.05, 0) is 94.1 Å². The van der Waals surface area contributed by atoms with Gasteiger partial charge in [-0.2, -0.15) is 0 Å². The summed E-state index contributed by atoms with van der Waals surface area (Å²) in [5, 5.41) is 7.05. The quantitative estimate of drug-likeness (QED) is 0.0218. The van der Waals surface area contributed by atoms with Crippen molar-refractivity contribution >= 4 is 66.7 Å². The van der Waals surface area contributed by atoms with Crippen molar-refractivity contribution in [3.8, 4) is 0 Å². The monoisotopic (exact) mass is 839 g/mol. The van der Waals surface area contributed by atoms with Gasteiger partial charge in [-0.3, -0.25) is 29.0 Å². The van der Waals surface area contributed by atoms with Gasteiger partial charge in [0.25, 0.3) is 23.6 Å². The molecule has 0 aliphatic carbocycles. The van der Waals surface area contributed by atoms with Crippen LogP contribution in [0.2, 0.25) is 0 Å². The van der Waals surface area contributed by atoms with Crippen LogP contribution in [0, 0.1) is 11.8 Å². The van der Waals surface area contributed by atoms with Crippen molar-refractivity contribution in [2.24, 2.45) is 11.8 Å².